The van der Waals surface area contributed by atoms with Gasteiger partial charge in [-0.1, -0.05) is 42.0 Å². The Morgan fingerprint density at radius 2 is 1.92 bits per heavy atom. The SMILES string of the molecule is Cc1ccc(-c2cccc(NC(=O)N3C[C@H](N(C)C)C[C@H]3CO)c2)cc1. The standard InChI is InChI=1S/C21H27N3O2/c1-15-7-9-16(10-8-15)17-5-4-6-18(11-17)22-21(26)24-13-19(23(2)3)12-20(24)14-25/h4-11,19-20,25H,12-14H2,1-3H3,(H,22,26)/t19-,20+/m1/s1. The van der Waals surface area contributed by atoms with E-state index in [0.29, 0.717) is 6.54 Å². The van der Waals surface area contributed by atoms with E-state index < -0.39 is 0 Å². The number of likely N-dealkylation sites (tertiary alicyclic amines) is 1. The van der Waals surface area contributed by atoms with Crippen LogP contribution >= 0.6 is 0 Å². The van der Waals surface area contributed by atoms with Crippen molar-refractivity contribution >= 4 is 11.7 Å². The van der Waals surface area contributed by atoms with Gasteiger partial charge in [0.2, 0.25) is 0 Å². The molecule has 5 heteroatoms. The molecule has 2 atom stereocenters. The fourth-order valence-electron chi connectivity index (χ4n) is 3.41. The van der Waals surface area contributed by atoms with Crippen molar-refractivity contribution < 1.29 is 9.90 Å². The van der Waals surface area contributed by atoms with Crippen molar-refractivity contribution in [3.05, 3.63) is 54.1 Å². The molecule has 0 spiro atoms. The number of aryl methyl sites for hydroxylation is 1. The number of hydrogen-bond acceptors (Lipinski definition) is 3. The Labute approximate surface area is 155 Å². The number of nitrogens with one attached hydrogen (secondary N) is 1. The van der Waals surface area contributed by atoms with Gasteiger partial charge in [0.25, 0.3) is 0 Å². The summed E-state index contributed by atoms with van der Waals surface area (Å²) in [5.74, 6) is 0. The number of rotatable bonds is 4. The van der Waals surface area contributed by atoms with Gasteiger partial charge in [0.05, 0.1) is 12.6 Å². The molecular formula is C21H27N3O2. The molecule has 0 aliphatic carbocycles. The van der Waals surface area contributed by atoms with Crippen LogP contribution in [0.3, 0.4) is 0 Å². The predicted molar refractivity (Wildman–Crippen MR) is 105 cm³/mol. The van der Waals surface area contributed by atoms with Crippen LogP contribution < -0.4 is 5.32 Å². The van der Waals surface area contributed by atoms with Crippen molar-refractivity contribution in [2.75, 3.05) is 32.6 Å². The van der Waals surface area contributed by atoms with Gasteiger partial charge >= 0.3 is 6.03 Å². The number of aliphatic hydroxyl groups is 1. The Kier molecular flexibility index (Phi) is 5.59. The summed E-state index contributed by atoms with van der Waals surface area (Å²) in [5, 5.41) is 12.6. The third kappa shape index (κ3) is 4.06. The first-order chi connectivity index (χ1) is 12.5. The summed E-state index contributed by atoms with van der Waals surface area (Å²) >= 11 is 0. The summed E-state index contributed by atoms with van der Waals surface area (Å²) in [7, 11) is 4.01. The molecule has 1 saturated heterocycles. The van der Waals surface area contributed by atoms with Crippen LogP contribution in [0.2, 0.25) is 0 Å². The molecule has 2 aromatic rings. The van der Waals surface area contributed by atoms with Gasteiger partial charge in [-0.3, -0.25) is 0 Å². The molecule has 0 saturated carbocycles. The van der Waals surface area contributed by atoms with Gasteiger partial charge in [0, 0.05) is 18.3 Å². The van der Waals surface area contributed by atoms with Crippen LogP contribution in [0, 0.1) is 6.92 Å². The third-order valence-electron chi connectivity index (χ3n) is 5.09. The Balaban J connectivity index is 1.73. The molecule has 2 N–H and O–H groups in total. The topological polar surface area (TPSA) is 55.8 Å². The summed E-state index contributed by atoms with van der Waals surface area (Å²) in [6, 6.07) is 16.2. The van der Waals surface area contributed by atoms with Crippen LogP contribution in [-0.4, -0.2) is 60.3 Å². The third-order valence-corrected chi connectivity index (χ3v) is 5.09. The largest absolute Gasteiger partial charge is 0.394 e. The van der Waals surface area contributed by atoms with E-state index in [4.69, 9.17) is 0 Å². The van der Waals surface area contributed by atoms with Gasteiger partial charge in [0.15, 0.2) is 0 Å². The summed E-state index contributed by atoms with van der Waals surface area (Å²) < 4.78 is 0. The Bertz CT molecular complexity index is 758. The van der Waals surface area contributed by atoms with Gasteiger partial charge in [0.1, 0.15) is 0 Å². The Hall–Kier alpha value is -2.37. The van der Waals surface area contributed by atoms with Crippen molar-refractivity contribution in [2.45, 2.75) is 25.4 Å². The van der Waals surface area contributed by atoms with Crippen LogP contribution in [0.5, 0.6) is 0 Å². The number of anilines is 1. The molecule has 0 bridgehead atoms. The molecule has 0 aromatic heterocycles. The number of nitrogens with zero attached hydrogens (tertiary/aromatic N) is 2. The van der Waals surface area contributed by atoms with Crippen molar-refractivity contribution in [3.63, 3.8) is 0 Å². The second kappa shape index (κ2) is 7.89. The first-order valence-corrected chi connectivity index (χ1v) is 9.00. The molecule has 1 heterocycles. The smallest absolute Gasteiger partial charge is 0.322 e. The highest BCUT2D eigenvalue weighted by molar-refractivity contribution is 5.90. The molecule has 0 radical (unpaired) electrons. The lowest BCUT2D eigenvalue weighted by Crippen LogP contribution is -2.41. The maximum Gasteiger partial charge on any atom is 0.322 e. The van der Waals surface area contributed by atoms with Crippen molar-refractivity contribution in [2.24, 2.45) is 0 Å². The van der Waals surface area contributed by atoms with E-state index in [1.165, 1.54) is 5.56 Å². The Morgan fingerprint density at radius 3 is 2.58 bits per heavy atom. The number of carbonyl (C=O) groups excluding carboxylic acids is 1. The lowest BCUT2D eigenvalue weighted by atomic mass is 10.0. The number of aliphatic hydroxyl groups excluding tert-OH is 1. The monoisotopic (exact) mass is 353 g/mol. The molecule has 1 aliphatic rings. The number of benzene rings is 2. The molecular weight excluding hydrogens is 326 g/mol. The van der Waals surface area contributed by atoms with Crippen LogP contribution in [0.4, 0.5) is 10.5 Å². The fraction of sp³-hybridized carbons (Fsp3) is 0.381. The van der Waals surface area contributed by atoms with Crippen molar-refractivity contribution in [1.29, 1.82) is 0 Å². The van der Waals surface area contributed by atoms with E-state index in [1.807, 2.05) is 38.4 Å². The second-order valence-electron chi connectivity index (χ2n) is 7.22. The first-order valence-electron chi connectivity index (χ1n) is 9.00. The van der Waals surface area contributed by atoms with Crippen molar-refractivity contribution in [3.8, 4) is 11.1 Å². The molecule has 3 rings (SSSR count). The van der Waals surface area contributed by atoms with Crippen LogP contribution in [0.1, 0.15) is 12.0 Å². The van der Waals surface area contributed by atoms with Crippen molar-refractivity contribution in [1.82, 2.24) is 9.80 Å². The van der Waals surface area contributed by atoms with Gasteiger partial charge in [-0.05, 0) is 50.7 Å². The summed E-state index contributed by atoms with van der Waals surface area (Å²) in [4.78, 5) is 16.6. The van der Waals surface area contributed by atoms with E-state index in [2.05, 4.69) is 41.4 Å². The quantitative estimate of drug-likeness (QED) is 0.888. The van der Waals surface area contributed by atoms with Gasteiger partial charge in [-0.25, -0.2) is 4.79 Å². The molecule has 1 aliphatic heterocycles. The van der Waals surface area contributed by atoms with Crippen LogP contribution in [-0.2, 0) is 0 Å². The van der Waals surface area contributed by atoms with E-state index in [0.717, 1.165) is 23.2 Å². The number of likely N-dealkylation sites (N-methyl/N-ethyl adjacent to an activating group) is 1. The van der Waals surface area contributed by atoms with Crippen LogP contribution in [0.15, 0.2) is 48.5 Å². The second-order valence-corrected chi connectivity index (χ2v) is 7.22. The molecule has 0 unspecified atom stereocenters. The van der Waals surface area contributed by atoms with E-state index in [9.17, 15) is 9.90 Å². The lowest BCUT2D eigenvalue weighted by Gasteiger charge is -2.24. The number of hydrogen-bond donors (Lipinski definition) is 2. The number of urea groups is 1. The lowest BCUT2D eigenvalue weighted by molar-refractivity contribution is 0.166. The molecule has 1 fully saturated rings. The first kappa shape index (κ1) is 18.4. The molecule has 2 amide bonds. The average Bonchev–Trinajstić information content (AvgIpc) is 3.07. The van der Waals surface area contributed by atoms with Gasteiger partial charge < -0.3 is 20.2 Å². The molecule has 138 valence electrons. The highest BCUT2D eigenvalue weighted by Gasteiger charge is 2.35. The Morgan fingerprint density at radius 1 is 1.19 bits per heavy atom. The number of carbonyl (C=O) groups is 1. The van der Waals surface area contributed by atoms with Gasteiger partial charge in [-0.15, -0.1) is 0 Å². The van der Waals surface area contributed by atoms with Gasteiger partial charge in [-0.2, -0.15) is 0 Å². The minimum atomic E-state index is -0.158. The highest BCUT2D eigenvalue weighted by atomic mass is 16.3. The zero-order chi connectivity index (χ0) is 18.7. The van der Waals surface area contributed by atoms with E-state index >= 15 is 0 Å². The maximum absolute atomic E-state index is 12.7. The zero-order valence-electron chi connectivity index (χ0n) is 15.6. The predicted octanol–water partition coefficient (Wildman–Crippen LogP) is 3.19. The summed E-state index contributed by atoms with van der Waals surface area (Å²) in [6.45, 7) is 2.68. The zero-order valence-corrected chi connectivity index (χ0v) is 15.6. The van der Waals surface area contributed by atoms with E-state index in [1.54, 1.807) is 4.90 Å². The highest BCUT2D eigenvalue weighted by Crippen LogP contribution is 2.25. The summed E-state index contributed by atoms with van der Waals surface area (Å²) in [6.07, 6.45) is 0.792. The number of amides is 2. The fourth-order valence-corrected chi connectivity index (χ4v) is 3.41. The molecule has 26 heavy (non-hydrogen) atoms. The molecule has 2 aromatic carbocycles. The summed E-state index contributed by atoms with van der Waals surface area (Å²) in [5.41, 5.74) is 4.17. The van der Waals surface area contributed by atoms with Crippen LogP contribution in [0.25, 0.3) is 11.1 Å². The van der Waals surface area contributed by atoms with E-state index in [-0.39, 0.29) is 24.7 Å². The normalized spacial score (nSPS) is 19.8. The maximum atomic E-state index is 12.7. The molecule has 5 nitrogen and oxygen atoms in total. The minimum absolute atomic E-state index is 0.0127. The average molecular weight is 353 g/mol. The minimum Gasteiger partial charge on any atom is -0.394 e.